The summed E-state index contributed by atoms with van der Waals surface area (Å²) in [5.74, 6) is 0. The summed E-state index contributed by atoms with van der Waals surface area (Å²) in [6.07, 6.45) is 0. The molecule has 1 N–H and O–H groups in total. The second-order valence-electron chi connectivity index (χ2n) is 3.86. The molecule has 0 spiro atoms. The van der Waals surface area contributed by atoms with Crippen LogP contribution in [0.3, 0.4) is 0 Å². The van der Waals surface area contributed by atoms with Crippen molar-refractivity contribution in [3.63, 3.8) is 0 Å². The van der Waals surface area contributed by atoms with Gasteiger partial charge in [0.05, 0.1) is 0 Å². The number of benzene rings is 1. The Kier molecular flexibility index (Phi) is 3.81. The minimum Gasteiger partial charge on any atom is -0.383 e. The van der Waals surface area contributed by atoms with Crippen LogP contribution in [0.4, 0.5) is 11.4 Å². The quantitative estimate of drug-likeness (QED) is 0.789. The van der Waals surface area contributed by atoms with Gasteiger partial charge in [-0.15, -0.1) is 0 Å². The molecule has 1 aromatic rings. The largest absolute Gasteiger partial charge is 0.383 e. The SMILES string of the molecule is CCN(C)c1ccc(NC(C)C)cc1. The van der Waals surface area contributed by atoms with Crippen molar-refractivity contribution in [1.82, 2.24) is 0 Å². The molecule has 0 aliphatic carbocycles. The molecule has 0 saturated carbocycles. The molecular weight excluding hydrogens is 172 g/mol. The Bertz CT molecular complexity index is 264. The first kappa shape index (κ1) is 10.9. The first-order chi connectivity index (χ1) is 6.63. The second-order valence-corrected chi connectivity index (χ2v) is 3.86. The van der Waals surface area contributed by atoms with E-state index in [0.717, 1.165) is 6.54 Å². The molecule has 78 valence electrons. The highest BCUT2D eigenvalue weighted by atomic mass is 15.1. The summed E-state index contributed by atoms with van der Waals surface area (Å²) >= 11 is 0. The van der Waals surface area contributed by atoms with Gasteiger partial charge in [0.15, 0.2) is 0 Å². The van der Waals surface area contributed by atoms with E-state index in [9.17, 15) is 0 Å². The Balaban J connectivity index is 2.68. The molecule has 1 aromatic carbocycles. The Morgan fingerprint density at radius 1 is 1.21 bits per heavy atom. The van der Waals surface area contributed by atoms with Gasteiger partial charge in [-0.05, 0) is 45.0 Å². The van der Waals surface area contributed by atoms with Gasteiger partial charge in [-0.1, -0.05) is 0 Å². The molecule has 0 radical (unpaired) electrons. The van der Waals surface area contributed by atoms with E-state index >= 15 is 0 Å². The zero-order valence-electron chi connectivity index (χ0n) is 9.54. The van der Waals surface area contributed by atoms with Crippen molar-refractivity contribution in [2.45, 2.75) is 26.8 Å². The topological polar surface area (TPSA) is 15.3 Å². The molecule has 2 heteroatoms. The lowest BCUT2D eigenvalue weighted by atomic mass is 10.2. The van der Waals surface area contributed by atoms with E-state index < -0.39 is 0 Å². The normalized spacial score (nSPS) is 10.4. The number of nitrogens with zero attached hydrogens (tertiary/aromatic N) is 1. The lowest BCUT2D eigenvalue weighted by Gasteiger charge is -2.17. The third kappa shape index (κ3) is 2.95. The molecule has 1 rings (SSSR count). The first-order valence-electron chi connectivity index (χ1n) is 5.21. The summed E-state index contributed by atoms with van der Waals surface area (Å²) in [6.45, 7) is 7.48. The lowest BCUT2D eigenvalue weighted by molar-refractivity contribution is 0.899. The van der Waals surface area contributed by atoms with Gasteiger partial charge in [-0.25, -0.2) is 0 Å². The van der Waals surface area contributed by atoms with Crippen molar-refractivity contribution in [1.29, 1.82) is 0 Å². The van der Waals surface area contributed by atoms with Crippen LogP contribution >= 0.6 is 0 Å². The van der Waals surface area contributed by atoms with Gasteiger partial charge in [0, 0.05) is 31.0 Å². The molecule has 0 bridgehead atoms. The average molecular weight is 192 g/mol. The molecular formula is C12H20N2. The molecule has 0 unspecified atom stereocenters. The van der Waals surface area contributed by atoms with Crippen LogP contribution in [0, 0.1) is 0 Å². The summed E-state index contributed by atoms with van der Waals surface area (Å²) in [5.41, 5.74) is 2.45. The molecule has 0 aromatic heterocycles. The molecule has 0 heterocycles. The van der Waals surface area contributed by atoms with Crippen molar-refractivity contribution in [2.75, 3.05) is 23.8 Å². The first-order valence-corrected chi connectivity index (χ1v) is 5.21. The van der Waals surface area contributed by atoms with E-state index in [4.69, 9.17) is 0 Å². The summed E-state index contributed by atoms with van der Waals surface area (Å²) in [4.78, 5) is 2.22. The number of hydrogen-bond donors (Lipinski definition) is 1. The van der Waals surface area contributed by atoms with Crippen LogP contribution in [0.2, 0.25) is 0 Å². The van der Waals surface area contributed by atoms with E-state index in [1.165, 1.54) is 11.4 Å². The molecule has 0 saturated heterocycles. The van der Waals surface area contributed by atoms with Crippen LogP contribution in [0.5, 0.6) is 0 Å². The Labute approximate surface area is 86.9 Å². The number of hydrogen-bond acceptors (Lipinski definition) is 2. The second kappa shape index (κ2) is 4.89. The fraction of sp³-hybridized carbons (Fsp3) is 0.500. The lowest BCUT2D eigenvalue weighted by Crippen LogP contribution is -2.15. The summed E-state index contributed by atoms with van der Waals surface area (Å²) in [6, 6.07) is 9.04. The summed E-state index contributed by atoms with van der Waals surface area (Å²) in [5, 5.41) is 3.37. The van der Waals surface area contributed by atoms with Gasteiger partial charge >= 0.3 is 0 Å². The van der Waals surface area contributed by atoms with Gasteiger partial charge in [-0.3, -0.25) is 0 Å². The van der Waals surface area contributed by atoms with Crippen molar-refractivity contribution in [3.8, 4) is 0 Å². The molecule has 0 atom stereocenters. The van der Waals surface area contributed by atoms with Crippen LogP contribution in [-0.2, 0) is 0 Å². The third-order valence-corrected chi connectivity index (χ3v) is 2.24. The molecule has 0 fully saturated rings. The van der Waals surface area contributed by atoms with Gasteiger partial charge in [0.2, 0.25) is 0 Å². The molecule has 0 aliphatic rings. The number of nitrogens with one attached hydrogen (secondary N) is 1. The van der Waals surface area contributed by atoms with Crippen LogP contribution in [0.25, 0.3) is 0 Å². The number of anilines is 2. The van der Waals surface area contributed by atoms with Crippen molar-refractivity contribution in [3.05, 3.63) is 24.3 Å². The average Bonchev–Trinajstić information content (AvgIpc) is 2.17. The zero-order chi connectivity index (χ0) is 10.6. The predicted octanol–water partition coefficient (Wildman–Crippen LogP) is 2.96. The van der Waals surface area contributed by atoms with Gasteiger partial charge < -0.3 is 10.2 Å². The summed E-state index contributed by atoms with van der Waals surface area (Å²) < 4.78 is 0. The van der Waals surface area contributed by atoms with E-state index in [1.54, 1.807) is 0 Å². The van der Waals surface area contributed by atoms with Crippen molar-refractivity contribution in [2.24, 2.45) is 0 Å². The van der Waals surface area contributed by atoms with Gasteiger partial charge in [-0.2, -0.15) is 0 Å². The molecule has 2 nitrogen and oxygen atoms in total. The molecule has 14 heavy (non-hydrogen) atoms. The molecule has 0 amide bonds. The maximum Gasteiger partial charge on any atom is 0.0365 e. The smallest absolute Gasteiger partial charge is 0.0365 e. The van der Waals surface area contributed by atoms with E-state index in [0.29, 0.717) is 6.04 Å². The van der Waals surface area contributed by atoms with Crippen molar-refractivity contribution >= 4 is 11.4 Å². The highest BCUT2D eigenvalue weighted by Gasteiger charge is 1.98. The van der Waals surface area contributed by atoms with E-state index in [1.807, 2.05) is 0 Å². The number of rotatable bonds is 4. The van der Waals surface area contributed by atoms with Gasteiger partial charge in [0.1, 0.15) is 0 Å². The summed E-state index contributed by atoms with van der Waals surface area (Å²) in [7, 11) is 2.10. The standard InChI is InChI=1S/C12H20N2/c1-5-14(4)12-8-6-11(7-9-12)13-10(2)3/h6-10,13H,5H2,1-4H3. The highest BCUT2D eigenvalue weighted by molar-refractivity contribution is 5.54. The maximum atomic E-state index is 3.37. The fourth-order valence-electron chi connectivity index (χ4n) is 1.33. The third-order valence-electron chi connectivity index (χ3n) is 2.24. The monoisotopic (exact) mass is 192 g/mol. The van der Waals surface area contributed by atoms with Crippen LogP contribution in [-0.4, -0.2) is 19.6 Å². The Morgan fingerprint density at radius 2 is 1.79 bits per heavy atom. The van der Waals surface area contributed by atoms with Crippen LogP contribution < -0.4 is 10.2 Å². The van der Waals surface area contributed by atoms with E-state index in [-0.39, 0.29) is 0 Å². The molecule has 0 aliphatic heterocycles. The fourth-order valence-corrected chi connectivity index (χ4v) is 1.33. The zero-order valence-corrected chi connectivity index (χ0v) is 9.54. The highest BCUT2D eigenvalue weighted by Crippen LogP contribution is 2.16. The van der Waals surface area contributed by atoms with Crippen LogP contribution in [0.1, 0.15) is 20.8 Å². The maximum absolute atomic E-state index is 3.37. The van der Waals surface area contributed by atoms with Crippen LogP contribution in [0.15, 0.2) is 24.3 Å². The van der Waals surface area contributed by atoms with Gasteiger partial charge in [0.25, 0.3) is 0 Å². The minimum absolute atomic E-state index is 0.491. The minimum atomic E-state index is 0.491. The van der Waals surface area contributed by atoms with Crippen molar-refractivity contribution < 1.29 is 0 Å². The Morgan fingerprint density at radius 3 is 2.21 bits per heavy atom. The predicted molar refractivity (Wildman–Crippen MR) is 64.1 cm³/mol. The van der Waals surface area contributed by atoms with E-state index in [2.05, 4.69) is 62.3 Å². The Hall–Kier alpha value is -1.18.